The molecule has 84 valence electrons. The first kappa shape index (κ1) is 12.0. The highest BCUT2D eigenvalue weighted by Crippen LogP contribution is 2.25. The van der Waals surface area contributed by atoms with Gasteiger partial charge in [0.1, 0.15) is 0 Å². The van der Waals surface area contributed by atoms with E-state index in [4.69, 9.17) is 0 Å². The molecule has 3 heteroatoms. The van der Waals surface area contributed by atoms with Gasteiger partial charge in [-0.05, 0) is 19.3 Å². The van der Waals surface area contributed by atoms with Crippen LogP contribution in [0.4, 0.5) is 0 Å². The maximum atomic E-state index is 10.8. The van der Waals surface area contributed by atoms with Crippen molar-refractivity contribution in [3.8, 4) is 11.8 Å². The predicted octanol–water partition coefficient (Wildman–Crippen LogP) is 3.02. The van der Waals surface area contributed by atoms with Gasteiger partial charge in [-0.2, -0.15) is 0 Å². The van der Waals surface area contributed by atoms with E-state index in [9.17, 15) is 10.1 Å². The van der Waals surface area contributed by atoms with Crippen LogP contribution in [0.5, 0.6) is 0 Å². The second-order valence-corrected chi connectivity index (χ2v) is 4.17. The van der Waals surface area contributed by atoms with Crippen molar-refractivity contribution < 1.29 is 4.92 Å². The lowest BCUT2D eigenvalue weighted by Gasteiger charge is -2.20. The first-order valence-corrected chi connectivity index (χ1v) is 5.87. The lowest BCUT2D eigenvalue weighted by molar-refractivity contribution is -0.532. The average molecular weight is 209 g/mol. The summed E-state index contributed by atoms with van der Waals surface area (Å²) in [5.74, 6) is 6.19. The van der Waals surface area contributed by atoms with Gasteiger partial charge in [0, 0.05) is 17.8 Å². The summed E-state index contributed by atoms with van der Waals surface area (Å²) < 4.78 is 0. The molecule has 0 radical (unpaired) electrons. The molecular formula is C12H19NO2. The minimum absolute atomic E-state index is 0.00519. The number of hydrogen-bond acceptors (Lipinski definition) is 2. The molecule has 0 N–H and O–H groups in total. The molecule has 1 aliphatic carbocycles. The van der Waals surface area contributed by atoms with Crippen molar-refractivity contribution in [3.05, 3.63) is 10.1 Å². The number of unbranched alkanes of at least 4 members (excludes halogenated alkanes) is 2. The van der Waals surface area contributed by atoms with E-state index in [0.717, 1.165) is 38.5 Å². The highest BCUT2D eigenvalue weighted by atomic mass is 16.6. The first-order valence-electron chi connectivity index (χ1n) is 5.87. The van der Waals surface area contributed by atoms with Gasteiger partial charge in [0.05, 0.1) is 5.92 Å². The Morgan fingerprint density at radius 3 is 2.80 bits per heavy atom. The van der Waals surface area contributed by atoms with E-state index in [0.29, 0.717) is 6.42 Å². The van der Waals surface area contributed by atoms with Crippen LogP contribution in [0, 0.1) is 27.9 Å². The third kappa shape index (κ3) is 3.91. The van der Waals surface area contributed by atoms with Gasteiger partial charge < -0.3 is 0 Å². The molecular weight excluding hydrogens is 190 g/mol. The van der Waals surface area contributed by atoms with E-state index in [1.807, 2.05) is 0 Å². The highest BCUT2D eigenvalue weighted by Gasteiger charge is 2.32. The topological polar surface area (TPSA) is 43.1 Å². The van der Waals surface area contributed by atoms with Gasteiger partial charge in [0.15, 0.2) is 0 Å². The molecule has 0 aromatic rings. The molecule has 1 fully saturated rings. The lowest BCUT2D eigenvalue weighted by Crippen LogP contribution is -2.31. The largest absolute Gasteiger partial charge is 0.264 e. The number of rotatable bonds is 3. The molecule has 0 aromatic carbocycles. The summed E-state index contributed by atoms with van der Waals surface area (Å²) in [7, 11) is 0. The molecule has 0 saturated heterocycles. The summed E-state index contributed by atoms with van der Waals surface area (Å²) >= 11 is 0. The van der Waals surface area contributed by atoms with Crippen LogP contribution in [0.2, 0.25) is 0 Å². The maximum Gasteiger partial charge on any atom is 0.226 e. The fraction of sp³-hybridized carbons (Fsp3) is 0.833. The molecule has 0 bridgehead atoms. The molecule has 0 aliphatic heterocycles. The van der Waals surface area contributed by atoms with Crippen LogP contribution in [0.25, 0.3) is 0 Å². The van der Waals surface area contributed by atoms with Crippen molar-refractivity contribution in [1.82, 2.24) is 0 Å². The van der Waals surface area contributed by atoms with E-state index in [-0.39, 0.29) is 10.8 Å². The Labute approximate surface area is 91.4 Å². The SMILES string of the molecule is CCCCC#CC1CCCCC1[N+](=O)[O-]. The molecule has 1 saturated carbocycles. The number of hydrogen-bond donors (Lipinski definition) is 0. The van der Waals surface area contributed by atoms with Gasteiger partial charge in [-0.15, -0.1) is 5.92 Å². The Kier molecular flexibility index (Phi) is 5.17. The van der Waals surface area contributed by atoms with Crippen molar-refractivity contribution >= 4 is 0 Å². The number of nitro groups is 1. The zero-order chi connectivity index (χ0) is 11.1. The summed E-state index contributed by atoms with van der Waals surface area (Å²) in [6, 6.07) is -0.409. The van der Waals surface area contributed by atoms with Crippen LogP contribution >= 0.6 is 0 Å². The third-order valence-electron chi connectivity index (χ3n) is 2.94. The van der Waals surface area contributed by atoms with Gasteiger partial charge in [-0.25, -0.2) is 0 Å². The Morgan fingerprint density at radius 1 is 1.40 bits per heavy atom. The molecule has 0 spiro atoms. The lowest BCUT2D eigenvalue weighted by atomic mass is 9.85. The zero-order valence-corrected chi connectivity index (χ0v) is 9.37. The van der Waals surface area contributed by atoms with Crippen LogP contribution in [-0.4, -0.2) is 11.0 Å². The second-order valence-electron chi connectivity index (χ2n) is 4.17. The molecule has 0 heterocycles. The Morgan fingerprint density at radius 2 is 2.13 bits per heavy atom. The standard InChI is InChI=1S/C12H19NO2/c1-2-3-4-5-8-11-9-6-7-10-12(11)13(14)15/h11-12H,2-4,6-7,9-10H2,1H3. The van der Waals surface area contributed by atoms with Gasteiger partial charge in [0.25, 0.3) is 0 Å². The molecule has 2 unspecified atom stereocenters. The van der Waals surface area contributed by atoms with Crippen molar-refractivity contribution in [2.75, 3.05) is 0 Å². The van der Waals surface area contributed by atoms with E-state index in [2.05, 4.69) is 18.8 Å². The monoisotopic (exact) mass is 209 g/mol. The molecule has 15 heavy (non-hydrogen) atoms. The van der Waals surface area contributed by atoms with Gasteiger partial charge in [-0.1, -0.05) is 25.7 Å². The summed E-state index contributed by atoms with van der Waals surface area (Å²) in [4.78, 5) is 10.7. The van der Waals surface area contributed by atoms with E-state index in [1.165, 1.54) is 0 Å². The Hall–Kier alpha value is -1.04. The first-order chi connectivity index (χ1) is 7.25. The van der Waals surface area contributed by atoms with E-state index >= 15 is 0 Å². The summed E-state index contributed by atoms with van der Waals surface area (Å²) in [6.45, 7) is 2.13. The van der Waals surface area contributed by atoms with Crippen molar-refractivity contribution in [2.24, 2.45) is 5.92 Å². The Balaban J connectivity index is 2.47. The van der Waals surface area contributed by atoms with Crippen molar-refractivity contribution in [1.29, 1.82) is 0 Å². The maximum absolute atomic E-state index is 10.8. The van der Waals surface area contributed by atoms with Crippen molar-refractivity contribution in [3.63, 3.8) is 0 Å². The van der Waals surface area contributed by atoms with Crippen LogP contribution in [-0.2, 0) is 0 Å². The third-order valence-corrected chi connectivity index (χ3v) is 2.94. The quantitative estimate of drug-likeness (QED) is 0.310. The molecule has 2 atom stereocenters. The van der Waals surface area contributed by atoms with Crippen LogP contribution in [0.1, 0.15) is 51.9 Å². The molecule has 0 aromatic heterocycles. The van der Waals surface area contributed by atoms with E-state index in [1.54, 1.807) is 0 Å². The molecule has 3 nitrogen and oxygen atoms in total. The van der Waals surface area contributed by atoms with Crippen LogP contribution < -0.4 is 0 Å². The number of nitrogens with zero attached hydrogens (tertiary/aromatic N) is 1. The highest BCUT2D eigenvalue weighted by molar-refractivity contribution is 5.06. The summed E-state index contributed by atoms with van der Waals surface area (Å²) in [6.07, 6.45) is 6.82. The normalized spacial score (nSPS) is 25.4. The van der Waals surface area contributed by atoms with E-state index < -0.39 is 6.04 Å². The van der Waals surface area contributed by atoms with Gasteiger partial charge in [-0.3, -0.25) is 10.1 Å². The van der Waals surface area contributed by atoms with Crippen LogP contribution in [0.15, 0.2) is 0 Å². The second kappa shape index (κ2) is 6.44. The molecule has 1 aliphatic rings. The molecule has 0 amide bonds. The fourth-order valence-corrected chi connectivity index (χ4v) is 2.00. The predicted molar refractivity (Wildman–Crippen MR) is 60.0 cm³/mol. The van der Waals surface area contributed by atoms with Crippen LogP contribution in [0.3, 0.4) is 0 Å². The van der Waals surface area contributed by atoms with Gasteiger partial charge in [0.2, 0.25) is 6.04 Å². The molecule has 1 rings (SSSR count). The fourth-order valence-electron chi connectivity index (χ4n) is 2.00. The minimum atomic E-state index is -0.409. The average Bonchev–Trinajstić information content (AvgIpc) is 2.25. The smallest absolute Gasteiger partial charge is 0.226 e. The summed E-state index contributed by atoms with van der Waals surface area (Å²) in [5.41, 5.74) is 0. The van der Waals surface area contributed by atoms with Gasteiger partial charge >= 0.3 is 0 Å². The minimum Gasteiger partial charge on any atom is -0.264 e. The summed E-state index contributed by atoms with van der Waals surface area (Å²) in [5, 5.41) is 10.8. The Bertz CT molecular complexity index is 265. The zero-order valence-electron chi connectivity index (χ0n) is 9.37. The van der Waals surface area contributed by atoms with Crippen molar-refractivity contribution in [2.45, 2.75) is 57.9 Å².